The number of pyridine rings is 1. The van der Waals surface area contributed by atoms with Crippen LogP contribution in [0, 0.1) is 0 Å². The zero-order valence-electron chi connectivity index (χ0n) is 8.99. The third kappa shape index (κ3) is 1.88. The molecule has 0 unspecified atom stereocenters. The van der Waals surface area contributed by atoms with E-state index in [-0.39, 0.29) is 0 Å². The highest BCUT2D eigenvalue weighted by atomic mass is 15.0. The summed E-state index contributed by atoms with van der Waals surface area (Å²) in [6.45, 7) is 4.98. The first-order valence-electron chi connectivity index (χ1n) is 5.19. The average molecular weight is 202 g/mol. The van der Waals surface area contributed by atoms with Crippen molar-refractivity contribution < 1.29 is 0 Å². The average Bonchev–Trinajstić information content (AvgIpc) is 2.29. The topological polar surface area (TPSA) is 50.7 Å². The molecule has 2 aromatic rings. The Balaban J connectivity index is 2.56. The van der Waals surface area contributed by atoms with Gasteiger partial charge in [0.05, 0.1) is 5.39 Å². The quantitative estimate of drug-likeness (QED) is 0.827. The normalized spacial score (nSPS) is 10.5. The van der Waals surface area contributed by atoms with E-state index in [9.17, 15) is 0 Å². The minimum atomic E-state index is 0.764. The SMILES string of the molecule is CCNc1ncnc2nc(CC)ccc12. The molecule has 2 aromatic heterocycles. The minimum absolute atomic E-state index is 0.764. The molecule has 0 aromatic carbocycles. The van der Waals surface area contributed by atoms with Gasteiger partial charge >= 0.3 is 0 Å². The van der Waals surface area contributed by atoms with E-state index in [1.165, 1.54) is 0 Å². The molecule has 0 atom stereocenters. The van der Waals surface area contributed by atoms with E-state index in [4.69, 9.17) is 0 Å². The molecule has 15 heavy (non-hydrogen) atoms. The van der Waals surface area contributed by atoms with Gasteiger partial charge in [-0.15, -0.1) is 0 Å². The van der Waals surface area contributed by atoms with E-state index in [1.807, 2.05) is 19.1 Å². The number of hydrogen-bond acceptors (Lipinski definition) is 4. The molecule has 0 aliphatic heterocycles. The molecule has 4 heteroatoms. The number of fused-ring (bicyclic) bond motifs is 1. The van der Waals surface area contributed by atoms with Crippen molar-refractivity contribution in [1.29, 1.82) is 0 Å². The summed E-state index contributed by atoms with van der Waals surface area (Å²) in [4.78, 5) is 12.8. The van der Waals surface area contributed by atoms with Crippen LogP contribution in [0.25, 0.3) is 11.0 Å². The Hall–Kier alpha value is -1.71. The molecule has 0 saturated heterocycles. The molecule has 0 aliphatic rings. The lowest BCUT2D eigenvalue weighted by molar-refractivity contribution is 1.04. The van der Waals surface area contributed by atoms with Crippen molar-refractivity contribution in [2.45, 2.75) is 20.3 Å². The van der Waals surface area contributed by atoms with Crippen LogP contribution in [0.3, 0.4) is 0 Å². The number of nitrogens with one attached hydrogen (secondary N) is 1. The van der Waals surface area contributed by atoms with E-state index in [1.54, 1.807) is 6.33 Å². The maximum Gasteiger partial charge on any atom is 0.164 e. The highest BCUT2D eigenvalue weighted by molar-refractivity contribution is 5.86. The van der Waals surface area contributed by atoms with Gasteiger partial charge in [-0.2, -0.15) is 0 Å². The van der Waals surface area contributed by atoms with Crippen molar-refractivity contribution in [3.63, 3.8) is 0 Å². The molecule has 2 heterocycles. The number of aryl methyl sites for hydroxylation is 1. The zero-order valence-corrected chi connectivity index (χ0v) is 8.99. The second-order valence-electron chi connectivity index (χ2n) is 3.28. The summed E-state index contributed by atoms with van der Waals surface area (Å²) in [5, 5.41) is 4.18. The smallest absolute Gasteiger partial charge is 0.164 e. The van der Waals surface area contributed by atoms with Gasteiger partial charge in [-0.3, -0.25) is 0 Å². The molecule has 4 nitrogen and oxygen atoms in total. The fourth-order valence-electron chi connectivity index (χ4n) is 1.49. The summed E-state index contributed by atoms with van der Waals surface area (Å²) in [5.74, 6) is 0.859. The van der Waals surface area contributed by atoms with Crippen molar-refractivity contribution in [3.8, 4) is 0 Å². The standard InChI is InChI=1S/C11H14N4/c1-3-8-5-6-9-10(12-4-2)13-7-14-11(9)15-8/h5-7H,3-4H2,1-2H3,(H,12,13,14,15). The molecule has 2 rings (SSSR count). The predicted molar refractivity (Wildman–Crippen MR) is 60.9 cm³/mol. The van der Waals surface area contributed by atoms with Crippen LogP contribution in [0.2, 0.25) is 0 Å². The first-order valence-corrected chi connectivity index (χ1v) is 5.19. The molecular formula is C11H14N4. The highest BCUT2D eigenvalue weighted by Crippen LogP contribution is 2.17. The summed E-state index contributed by atoms with van der Waals surface area (Å²) in [7, 11) is 0. The third-order valence-corrected chi connectivity index (χ3v) is 2.26. The fraction of sp³-hybridized carbons (Fsp3) is 0.364. The Morgan fingerprint density at radius 3 is 2.80 bits per heavy atom. The molecular weight excluding hydrogens is 188 g/mol. The number of aromatic nitrogens is 3. The molecule has 0 aliphatic carbocycles. The Morgan fingerprint density at radius 1 is 1.20 bits per heavy atom. The van der Waals surface area contributed by atoms with Crippen molar-refractivity contribution in [1.82, 2.24) is 15.0 Å². The van der Waals surface area contributed by atoms with Crippen LogP contribution in [0.15, 0.2) is 18.5 Å². The highest BCUT2D eigenvalue weighted by Gasteiger charge is 2.03. The van der Waals surface area contributed by atoms with E-state index in [0.717, 1.165) is 35.5 Å². The fourth-order valence-corrected chi connectivity index (χ4v) is 1.49. The molecule has 0 spiro atoms. The van der Waals surface area contributed by atoms with Gasteiger partial charge in [0.15, 0.2) is 5.65 Å². The largest absolute Gasteiger partial charge is 0.370 e. The van der Waals surface area contributed by atoms with Crippen molar-refractivity contribution in [2.75, 3.05) is 11.9 Å². The van der Waals surface area contributed by atoms with Crippen LogP contribution in [0.4, 0.5) is 5.82 Å². The molecule has 0 radical (unpaired) electrons. The number of anilines is 1. The molecule has 0 bridgehead atoms. The molecule has 78 valence electrons. The number of rotatable bonds is 3. The molecule has 0 saturated carbocycles. The monoisotopic (exact) mass is 202 g/mol. The van der Waals surface area contributed by atoms with Gasteiger partial charge < -0.3 is 5.32 Å². The van der Waals surface area contributed by atoms with Gasteiger partial charge in [0.1, 0.15) is 12.1 Å². The summed E-state index contributed by atoms with van der Waals surface area (Å²) < 4.78 is 0. The van der Waals surface area contributed by atoms with Crippen LogP contribution in [-0.2, 0) is 6.42 Å². The van der Waals surface area contributed by atoms with Gasteiger partial charge in [-0.05, 0) is 25.5 Å². The van der Waals surface area contributed by atoms with Gasteiger partial charge in [-0.25, -0.2) is 15.0 Å². The van der Waals surface area contributed by atoms with Crippen molar-refractivity contribution in [3.05, 3.63) is 24.2 Å². The van der Waals surface area contributed by atoms with Gasteiger partial charge in [0.25, 0.3) is 0 Å². The number of nitrogens with zero attached hydrogens (tertiary/aromatic N) is 3. The number of hydrogen-bond donors (Lipinski definition) is 1. The Bertz CT molecular complexity index is 467. The second-order valence-corrected chi connectivity index (χ2v) is 3.28. The summed E-state index contributed by atoms with van der Waals surface area (Å²) >= 11 is 0. The first-order chi connectivity index (χ1) is 7.35. The minimum Gasteiger partial charge on any atom is -0.370 e. The van der Waals surface area contributed by atoms with E-state index < -0.39 is 0 Å². The van der Waals surface area contributed by atoms with Gasteiger partial charge in [-0.1, -0.05) is 6.92 Å². The lowest BCUT2D eigenvalue weighted by Gasteiger charge is -2.05. The Morgan fingerprint density at radius 2 is 2.07 bits per heavy atom. The lowest BCUT2D eigenvalue weighted by atomic mass is 10.2. The molecule has 0 amide bonds. The van der Waals surface area contributed by atoms with Crippen LogP contribution >= 0.6 is 0 Å². The predicted octanol–water partition coefficient (Wildman–Crippen LogP) is 2.02. The molecule has 0 fully saturated rings. The third-order valence-electron chi connectivity index (χ3n) is 2.26. The van der Waals surface area contributed by atoms with Crippen molar-refractivity contribution in [2.24, 2.45) is 0 Å². The van der Waals surface area contributed by atoms with Crippen molar-refractivity contribution >= 4 is 16.9 Å². The first kappa shape index (κ1) is 9.83. The van der Waals surface area contributed by atoms with Crippen LogP contribution < -0.4 is 5.32 Å². The maximum atomic E-state index is 4.45. The maximum absolute atomic E-state index is 4.45. The van der Waals surface area contributed by atoms with Crippen LogP contribution in [0.5, 0.6) is 0 Å². The summed E-state index contributed by atoms with van der Waals surface area (Å²) in [5.41, 5.74) is 1.82. The van der Waals surface area contributed by atoms with Gasteiger partial charge in [0, 0.05) is 12.2 Å². The summed E-state index contributed by atoms with van der Waals surface area (Å²) in [6.07, 6.45) is 2.48. The zero-order chi connectivity index (χ0) is 10.7. The Kier molecular flexibility index (Phi) is 2.76. The van der Waals surface area contributed by atoms with E-state index in [0.29, 0.717) is 0 Å². The van der Waals surface area contributed by atoms with Gasteiger partial charge in [0.2, 0.25) is 0 Å². The second kappa shape index (κ2) is 4.21. The lowest BCUT2D eigenvalue weighted by Crippen LogP contribution is -2.01. The van der Waals surface area contributed by atoms with E-state index in [2.05, 4.69) is 27.2 Å². The molecule has 1 N–H and O–H groups in total. The summed E-state index contributed by atoms with van der Waals surface area (Å²) in [6, 6.07) is 4.05. The van der Waals surface area contributed by atoms with E-state index >= 15 is 0 Å². The van der Waals surface area contributed by atoms with Crippen LogP contribution in [-0.4, -0.2) is 21.5 Å². The van der Waals surface area contributed by atoms with Crippen LogP contribution in [0.1, 0.15) is 19.5 Å². The Labute approximate surface area is 88.8 Å².